The van der Waals surface area contributed by atoms with Crippen molar-refractivity contribution in [3.63, 3.8) is 0 Å². The van der Waals surface area contributed by atoms with Gasteiger partial charge in [0.2, 0.25) is 5.91 Å². The summed E-state index contributed by atoms with van der Waals surface area (Å²) in [7, 11) is 0. The zero-order chi connectivity index (χ0) is 15.1. The van der Waals surface area contributed by atoms with Crippen LogP contribution in [0.2, 0.25) is 0 Å². The molecular weight excluding hydrogens is 332 g/mol. The first-order valence-electron chi connectivity index (χ1n) is 5.57. The molecule has 0 aliphatic carbocycles. The molecule has 0 spiro atoms. The highest BCUT2D eigenvalue weighted by molar-refractivity contribution is 9.10. The number of rotatable bonds is 7. The third-order valence-corrected chi connectivity index (χ3v) is 2.75. The number of halogens is 1. The summed E-state index contributed by atoms with van der Waals surface area (Å²) < 4.78 is 6.03. The lowest BCUT2D eigenvalue weighted by atomic mass is 10.2. The fourth-order valence-corrected chi connectivity index (χ4v) is 1.58. The summed E-state index contributed by atoms with van der Waals surface area (Å²) in [6.45, 7) is -0.357. The number of carboxylic acid groups (broad SMARTS) is 1. The number of carboxylic acids is 1. The Kier molecular flexibility index (Phi) is 5.98. The number of carbonyl (C=O) groups is 3. The normalized spacial score (nSPS) is 11.4. The lowest BCUT2D eigenvalue weighted by Gasteiger charge is -2.13. The van der Waals surface area contributed by atoms with Gasteiger partial charge in [0.1, 0.15) is 11.8 Å². The summed E-state index contributed by atoms with van der Waals surface area (Å²) in [5.74, 6) is -2.33. The first kappa shape index (κ1) is 16.0. The molecule has 0 bridgehead atoms. The van der Waals surface area contributed by atoms with Crippen molar-refractivity contribution >= 4 is 33.7 Å². The number of benzene rings is 1. The van der Waals surface area contributed by atoms with Crippen LogP contribution in [-0.4, -0.2) is 35.5 Å². The average Bonchev–Trinajstić information content (AvgIpc) is 2.36. The first-order valence-corrected chi connectivity index (χ1v) is 6.36. The SMILES string of the molecule is NC(=O)CC(NC(=O)COc1ccc(Br)cc1)C(=O)O. The molecule has 20 heavy (non-hydrogen) atoms. The van der Waals surface area contributed by atoms with Crippen LogP contribution >= 0.6 is 15.9 Å². The van der Waals surface area contributed by atoms with Gasteiger partial charge < -0.3 is 20.9 Å². The molecule has 1 unspecified atom stereocenters. The Morgan fingerprint density at radius 2 is 1.90 bits per heavy atom. The molecular formula is C12H13BrN2O5. The number of nitrogens with one attached hydrogen (secondary N) is 1. The molecule has 0 aromatic heterocycles. The zero-order valence-corrected chi connectivity index (χ0v) is 11.9. The molecule has 0 fully saturated rings. The molecule has 0 saturated carbocycles. The Hall–Kier alpha value is -2.09. The fourth-order valence-electron chi connectivity index (χ4n) is 1.32. The smallest absolute Gasteiger partial charge is 0.326 e. The van der Waals surface area contributed by atoms with E-state index in [2.05, 4.69) is 21.2 Å². The molecule has 0 saturated heterocycles. The molecule has 0 aliphatic rings. The van der Waals surface area contributed by atoms with Crippen LogP contribution in [0.1, 0.15) is 6.42 Å². The van der Waals surface area contributed by atoms with Crippen molar-refractivity contribution in [2.75, 3.05) is 6.61 Å². The summed E-state index contributed by atoms with van der Waals surface area (Å²) >= 11 is 3.25. The van der Waals surface area contributed by atoms with Crippen LogP contribution in [0.15, 0.2) is 28.7 Å². The van der Waals surface area contributed by atoms with Gasteiger partial charge in [-0.15, -0.1) is 0 Å². The van der Waals surface area contributed by atoms with Crippen LogP contribution in [0, 0.1) is 0 Å². The topological polar surface area (TPSA) is 119 Å². The van der Waals surface area contributed by atoms with Gasteiger partial charge in [-0.3, -0.25) is 9.59 Å². The van der Waals surface area contributed by atoms with Crippen molar-refractivity contribution in [2.45, 2.75) is 12.5 Å². The molecule has 108 valence electrons. The van der Waals surface area contributed by atoms with Crippen molar-refractivity contribution in [1.29, 1.82) is 0 Å². The third-order valence-electron chi connectivity index (χ3n) is 2.22. The van der Waals surface area contributed by atoms with Crippen LogP contribution < -0.4 is 15.8 Å². The van der Waals surface area contributed by atoms with Gasteiger partial charge in [-0.25, -0.2) is 4.79 Å². The van der Waals surface area contributed by atoms with E-state index in [1.807, 2.05) is 0 Å². The van der Waals surface area contributed by atoms with Gasteiger partial charge in [0.15, 0.2) is 6.61 Å². The predicted octanol–water partition coefficient (Wildman–Crippen LogP) is 0.273. The molecule has 1 atom stereocenters. The third kappa shape index (κ3) is 5.70. The van der Waals surface area contributed by atoms with Gasteiger partial charge in [0, 0.05) is 4.47 Å². The van der Waals surface area contributed by atoms with E-state index in [0.717, 1.165) is 4.47 Å². The van der Waals surface area contributed by atoms with Crippen molar-refractivity contribution < 1.29 is 24.2 Å². The summed E-state index contributed by atoms with van der Waals surface area (Å²) in [5.41, 5.74) is 4.90. The summed E-state index contributed by atoms with van der Waals surface area (Å²) in [6, 6.07) is 5.42. The fraction of sp³-hybridized carbons (Fsp3) is 0.250. The van der Waals surface area contributed by atoms with Crippen molar-refractivity contribution in [2.24, 2.45) is 5.73 Å². The summed E-state index contributed by atoms with van der Waals surface area (Å²) in [6.07, 6.45) is -0.473. The Balaban J connectivity index is 2.47. The van der Waals surface area contributed by atoms with E-state index in [1.165, 1.54) is 0 Å². The Morgan fingerprint density at radius 1 is 1.30 bits per heavy atom. The van der Waals surface area contributed by atoms with Gasteiger partial charge in [-0.1, -0.05) is 15.9 Å². The van der Waals surface area contributed by atoms with Crippen LogP contribution in [0.25, 0.3) is 0 Å². The lowest BCUT2D eigenvalue weighted by molar-refractivity contribution is -0.143. The molecule has 1 aromatic rings. The first-order chi connectivity index (χ1) is 9.38. The number of carbonyl (C=O) groups excluding carboxylic acids is 2. The second kappa shape index (κ2) is 7.49. The highest BCUT2D eigenvalue weighted by Crippen LogP contribution is 2.15. The quantitative estimate of drug-likeness (QED) is 0.656. The highest BCUT2D eigenvalue weighted by Gasteiger charge is 2.22. The Bertz CT molecular complexity index is 503. The molecule has 0 aliphatic heterocycles. The number of amides is 2. The number of ether oxygens (including phenoxy) is 1. The van der Waals surface area contributed by atoms with E-state index >= 15 is 0 Å². The molecule has 1 aromatic carbocycles. The molecule has 7 nitrogen and oxygen atoms in total. The average molecular weight is 345 g/mol. The van der Waals surface area contributed by atoms with Crippen molar-refractivity contribution in [3.8, 4) is 5.75 Å². The standard InChI is InChI=1S/C12H13BrN2O5/c13-7-1-3-8(4-2-7)20-6-11(17)15-9(12(18)19)5-10(14)16/h1-4,9H,5-6H2,(H2,14,16)(H,15,17)(H,18,19). The summed E-state index contributed by atoms with van der Waals surface area (Å²) in [5, 5.41) is 11.0. The second-order valence-electron chi connectivity index (χ2n) is 3.87. The van der Waals surface area contributed by atoms with Crippen LogP contribution in [0.3, 0.4) is 0 Å². The van der Waals surface area contributed by atoms with Crippen LogP contribution in [0.5, 0.6) is 5.75 Å². The van der Waals surface area contributed by atoms with Gasteiger partial charge in [-0.2, -0.15) is 0 Å². The van der Waals surface area contributed by atoms with E-state index in [0.29, 0.717) is 5.75 Å². The maximum absolute atomic E-state index is 11.5. The Morgan fingerprint density at radius 3 is 2.40 bits per heavy atom. The van der Waals surface area contributed by atoms with Crippen molar-refractivity contribution in [3.05, 3.63) is 28.7 Å². The van der Waals surface area contributed by atoms with E-state index in [1.54, 1.807) is 24.3 Å². The minimum Gasteiger partial charge on any atom is -0.484 e. The van der Waals surface area contributed by atoms with Crippen LogP contribution in [-0.2, 0) is 14.4 Å². The molecule has 0 heterocycles. The van der Waals surface area contributed by atoms with Gasteiger partial charge >= 0.3 is 5.97 Å². The number of hydrogen-bond donors (Lipinski definition) is 3. The molecule has 2 amide bonds. The lowest BCUT2D eigenvalue weighted by Crippen LogP contribution is -2.45. The predicted molar refractivity (Wildman–Crippen MR) is 73.0 cm³/mol. The number of aliphatic carboxylic acids is 1. The Labute approximate surface area is 123 Å². The zero-order valence-electron chi connectivity index (χ0n) is 10.3. The van der Waals surface area contributed by atoms with Crippen molar-refractivity contribution in [1.82, 2.24) is 5.32 Å². The second-order valence-corrected chi connectivity index (χ2v) is 4.79. The number of nitrogens with two attached hydrogens (primary N) is 1. The van der Waals surface area contributed by atoms with E-state index in [-0.39, 0.29) is 6.61 Å². The van der Waals surface area contributed by atoms with E-state index in [9.17, 15) is 14.4 Å². The summed E-state index contributed by atoms with van der Waals surface area (Å²) in [4.78, 5) is 33.0. The molecule has 4 N–H and O–H groups in total. The molecule has 8 heteroatoms. The number of hydrogen-bond acceptors (Lipinski definition) is 4. The maximum Gasteiger partial charge on any atom is 0.326 e. The van der Waals surface area contributed by atoms with Gasteiger partial charge in [0.25, 0.3) is 5.91 Å². The maximum atomic E-state index is 11.5. The van der Waals surface area contributed by atoms with Gasteiger partial charge in [0.05, 0.1) is 6.42 Å². The molecule has 0 radical (unpaired) electrons. The van der Waals surface area contributed by atoms with Crippen LogP contribution in [0.4, 0.5) is 0 Å². The monoisotopic (exact) mass is 344 g/mol. The minimum atomic E-state index is -1.35. The highest BCUT2D eigenvalue weighted by atomic mass is 79.9. The van der Waals surface area contributed by atoms with E-state index < -0.39 is 30.2 Å². The van der Waals surface area contributed by atoms with Gasteiger partial charge in [-0.05, 0) is 24.3 Å². The number of primary amides is 1. The molecule has 1 rings (SSSR count). The largest absolute Gasteiger partial charge is 0.484 e. The van der Waals surface area contributed by atoms with E-state index in [4.69, 9.17) is 15.6 Å². The minimum absolute atomic E-state index is 0.357.